The number of amides is 2. The van der Waals surface area contributed by atoms with Crippen LogP contribution in [0.1, 0.15) is 12.5 Å². The summed E-state index contributed by atoms with van der Waals surface area (Å²) >= 11 is 1.36. The van der Waals surface area contributed by atoms with Gasteiger partial charge in [0.25, 0.3) is 0 Å². The third kappa shape index (κ3) is 6.37. The van der Waals surface area contributed by atoms with E-state index in [1.165, 1.54) is 11.3 Å². The average Bonchev–Trinajstić information content (AvgIpc) is 3.22. The summed E-state index contributed by atoms with van der Waals surface area (Å²) in [6, 6.07) is 15.3. The zero-order valence-electron chi connectivity index (χ0n) is 17.8. The number of carbonyl (C=O) groups is 2. The van der Waals surface area contributed by atoms with Crippen LogP contribution in [-0.4, -0.2) is 48.9 Å². The van der Waals surface area contributed by atoms with Crippen molar-refractivity contribution < 1.29 is 14.3 Å². The second kappa shape index (κ2) is 10.7. The van der Waals surface area contributed by atoms with Crippen molar-refractivity contribution in [1.82, 2.24) is 9.88 Å². The predicted octanol–water partition coefficient (Wildman–Crippen LogP) is 3.89. The van der Waals surface area contributed by atoms with Gasteiger partial charge in [-0.05, 0) is 49.4 Å². The maximum atomic E-state index is 12.4. The van der Waals surface area contributed by atoms with Gasteiger partial charge in [0.1, 0.15) is 5.75 Å². The van der Waals surface area contributed by atoms with Gasteiger partial charge < -0.3 is 15.4 Å². The highest BCUT2D eigenvalue weighted by atomic mass is 32.1. The lowest BCUT2D eigenvalue weighted by Gasteiger charge is -2.16. The molecule has 162 valence electrons. The average molecular weight is 439 g/mol. The standard InChI is InChI=1S/C23H26N4O3S/c1-4-16-7-5-6-8-19(16)24-21(28)13-27(2)14-22(29)26-23-25-20(15-31-23)17-9-11-18(30-3)12-10-17/h5-12,15H,4,13-14H2,1-3H3,(H,24,28)(H,25,26,29). The van der Waals surface area contributed by atoms with Gasteiger partial charge in [0.15, 0.2) is 5.13 Å². The van der Waals surface area contributed by atoms with E-state index in [9.17, 15) is 9.59 Å². The molecule has 0 radical (unpaired) electrons. The van der Waals surface area contributed by atoms with Crippen LogP contribution in [0.15, 0.2) is 53.9 Å². The van der Waals surface area contributed by atoms with Crippen LogP contribution in [0.4, 0.5) is 10.8 Å². The summed E-state index contributed by atoms with van der Waals surface area (Å²) in [6.45, 7) is 2.24. The Hall–Kier alpha value is -3.23. The highest BCUT2D eigenvalue weighted by molar-refractivity contribution is 7.14. The topological polar surface area (TPSA) is 83.6 Å². The zero-order valence-corrected chi connectivity index (χ0v) is 18.7. The van der Waals surface area contributed by atoms with Crippen molar-refractivity contribution in [2.45, 2.75) is 13.3 Å². The van der Waals surface area contributed by atoms with Gasteiger partial charge in [-0.15, -0.1) is 11.3 Å². The second-order valence-corrected chi connectivity index (χ2v) is 7.90. The number of carbonyl (C=O) groups excluding carboxylic acids is 2. The molecule has 0 saturated heterocycles. The van der Waals surface area contributed by atoms with Crippen molar-refractivity contribution in [1.29, 1.82) is 0 Å². The van der Waals surface area contributed by atoms with Crippen molar-refractivity contribution in [3.8, 4) is 17.0 Å². The number of hydrogen-bond donors (Lipinski definition) is 2. The summed E-state index contributed by atoms with van der Waals surface area (Å²) in [4.78, 5) is 30.8. The van der Waals surface area contributed by atoms with Gasteiger partial charge in [-0.2, -0.15) is 0 Å². The zero-order chi connectivity index (χ0) is 22.2. The van der Waals surface area contributed by atoms with Crippen molar-refractivity contribution in [3.05, 3.63) is 59.5 Å². The number of benzene rings is 2. The van der Waals surface area contributed by atoms with Gasteiger partial charge >= 0.3 is 0 Å². The largest absolute Gasteiger partial charge is 0.497 e. The highest BCUT2D eigenvalue weighted by Crippen LogP contribution is 2.26. The summed E-state index contributed by atoms with van der Waals surface area (Å²) in [5.74, 6) is 0.393. The molecular weight excluding hydrogens is 412 g/mol. The molecule has 1 heterocycles. The summed E-state index contributed by atoms with van der Waals surface area (Å²) in [7, 11) is 3.35. The molecule has 0 saturated carbocycles. The van der Waals surface area contributed by atoms with Crippen LogP contribution in [0.5, 0.6) is 5.75 Å². The van der Waals surface area contributed by atoms with E-state index in [2.05, 4.69) is 15.6 Å². The first-order chi connectivity index (χ1) is 15.0. The molecule has 8 heteroatoms. The van der Waals surface area contributed by atoms with E-state index in [1.54, 1.807) is 19.1 Å². The lowest BCUT2D eigenvalue weighted by molar-refractivity contribution is -0.119. The van der Waals surface area contributed by atoms with E-state index in [-0.39, 0.29) is 24.9 Å². The highest BCUT2D eigenvalue weighted by Gasteiger charge is 2.14. The first-order valence-corrected chi connectivity index (χ1v) is 10.8. The first-order valence-electron chi connectivity index (χ1n) is 9.94. The van der Waals surface area contributed by atoms with Crippen LogP contribution in [-0.2, 0) is 16.0 Å². The Morgan fingerprint density at radius 2 is 1.71 bits per heavy atom. The molecule has 0 aliphatic rings. The number of nitrogens with zero attached hydrogens (tertiary/aromatic N) is 2. The van der Waals surface area contributed by atoms with E-state index >= 15 is 0 Å². The van der Waals surface area contributed by atoms with Gasteiger partial charge in [-0.3, -0.25) is 14.5 Å². The molecule has 0 aliphatic carbocycles. The van der Waals surface area contributed by atoms with E-state index in [0.29, 0.717) is 5.13 Å². The minimum atomic E-state index is -0.222. The molecule has 0 bridgehead atoms. The maximum Gasteiger partial charge on any atom is 0.240 e. The van der Waals surface area contributed by atoms with Crippen molar-refractivity contribution >= 4 is 34.0 Å². The van der Waals surface area contributed by atoms with E-state index < -0.39 is 0 Å². The van der Waals surface area contributed by atoms with Crippen molar-refractivity contribution in [2.24, 2.45) is 0 Å². The van der Waals surface area contributed by atoms with Crippen molar-refractivity contribution in [3.63, 3.8) is 0 Å². The molecule has 0 atom stereocenters. The minimum absolute atomic E-state index is 0.0836. The molecule has 2 N–H and O–H groups in total. The van der Waals surface area contributed by atoms with E-state index in [1.807, 2.05) is 60.8 Å². The molecule has 31 heavy (non-hydrogen) atoms. The molecule has 2 amide bonds. The SMILES string of the molecule is CCc1ccccc1NC(=O)CN(C)CC(=O)Nc1nc(-c2ccc(OC)cc2)cs1. The van der Waals surface area contributed by atoms with Crippen LogP contribution in [0.3, 0.4) is 0 Å². The molecule has 3 rings (SSSR count). The van der Waals surface area contributed by atoms with Crippen LogP contribution in [0, 0.1) is 0 Å². The quantitative estimate of drug-likeness (QED) is 0.530. The molecule has 0 unspecified atom stereocenters. The van der Waals surface area contributed by atoms with Gasteiger partial charge in [0.2, 0.25) is 11.8 Å². The molecule has 7 nitrogen and oxygen atoms in total. The van der Waals surface area contributed by atoms with Gasteiger partial charge in [0.05, 0.1) is 25.9 Å². The monoisotopic (exact) mass is 438 g/mol. The number of thiazole rings is 1. The fourth-order valence-electron chi connectivity index (χ4n) is 3.07. The summed E-state index contributed by atoms with van der Waals surface area (Å²) in [6.07, 6.45) is 0.834. The minimum Gasteiger partial charge on any atom is -0.497 e. The summed E-state index contributed by atoms with van der Waals surface area (Å²) in [5, 5.41) is 8.12. The van der Waals surface area contributed by atoms with Gasteiger partial charge in [0, 0.05) is 16.6 Å². The van der Waals surface area contributed by atoms with E-state index in [4.69, 9.17) is 4.74 Å². The molecule has 2 aromatic carbocycles. The molecule has 0 spiro atoms. The number of likely N-dealkylation sites (N-methyl/N-ethyl adjacent to an activating group) is 1. The smallest absolute Gasteiger partial charge is 0.240 e. The van der Waals surface area contributed by atoms with Gasteiger partial charge in [-0.1, -0.05) is 25.1 Å². The number of aromatic nitrogens is 1. The van der Waals surface area contributed by atoms with Crippen LogP contribution < -0.4 is 15.4 Å². The Morgan fingerprint density at radius 3 is 2.39 bits per heavy atom. The third-order valence-corrected chi connectivity index (χ3v) is 5.39. The Morgan fingerprint density at radius 1 is 1.03 bits per heavy atom. The summed E-state index contributed by atoms with van der Waals surface area (Å²) in [5.41, 5.74) is 3.61. The Balaban J connectivity index is 1.50. The number of rotatable bonds is 9. The fourth-order valence-corrected chi connectivity index (χ4v) is 3.81. The molecule has 3 aromatic rings. The van der Waals surface area contributed by atoms with Crippen LogP contribution in [0.2, 0.25) is 0 Å². The normalized spacial score (nSPS) is 10.7. The number of nitrogens with one attached hydrogen (secondary N) is 2. The van der Waals surface area contributed by atoms with Crippen LogP contribution >= 0.6 is 11.3 Å². The molecule has 0 fully saturated rings. The lowest BCUT2D eigenvalue weighted by Crippen LogP contribution is -2.36. The number of hydrogen-bond acceptors (Lipinski definition) is 6. The van der Waals surface area contributed by atoms with Crippen LogP contribution in [0.25, 0.3) is 11.3 Å². The molecular formula is C23H26N4O3S. The summed E-state index contributed by atoms with van der Waals surface area (Å²) < 4.78 is 5.16. The predicted molar refractivity (Wildman–Crippen MR) is 125 cm³/mol. The fraction of sp³-hybridized carbons (Fsp3) is 0.261. The Kier molecular flexibility index (Phi) is 7.75. The Labute approximate surface area is 186 Å². The van der Waals surface area contributed by atoms with Crippen molar-refractivity contribution in [2.75, 3.05) is 37.9 Å². The first kappa shape index (κ1) is 22.5. The number of ether oxygens (including phenoxy) is 1. The number of aryl methyl sites for hydroxylation is 1. The molecule has 1 aromatic heterocycles. The van der Waals surface area contributed by atoms with E-state index in [0.717, 1.165) is 34.7 Å². The molecule has 0 aliphatic heterocycles. The number of para-hydroxylation sites is 1. The number of anilines is 2. The van der Waals surface area contributed by atoms with Gasteiger partial charge in [-0.25, -0.2) is 4.98 Å². The number of methoxy groups -OCH3 is 1. The Bertz CT molecular complexity index is 1030. The lowest BCUT2D eigenvalue weighted by atomic mass is 10.1. The third-order valence-electron chi connectivity index (χ3n) is 4.64. The maximum absolute atomic E-state index is 12.4. The second-order valence-electron chi connectivity index (χ2n) is 7.05.